The van der Waals surface area contributed by atoms with Gasteiger partial charge in [-0.2, -0.15) is 26.3 Å². The summed E-state index contributed by atoms with van der Waals surface area (Å²) in [6, 6.07) is -1.47. The van der Waals surface area contributed by atoms with Crippen molar-refractivity contribution in [3.8, 4) is 0 Å². The molecule has 0 spiro atoms. The summed E-state index contributed by atoms with van der Waals surface area (Å²) in [5, 5.41) is 1.86. The minimum absolute atomic E-state index is 0.333. The molecular formula is C9H7BrF6N2. The number of alkyl halides is 6. The molecular weight excluding hydrogens is 330 g/mol. The monoisotopic (exact) mass is 336 g/mol. The third-order valence-corrected chi connectivity index (χ3v) is 2.65. The molecule has 0 saturated heterocycles. The van der Waals surface area contributed by atoms with Gasteiger partial charge in [0.15, 0.2) is 0 Å². The van der Waals surface area contributed by atoms with Gasteiger partial charge in [-0.05, 0) is 28.9 Å². The van der Waals surface area contributed by atoms with Crippen LogP contribution in [-0.4, -0.2) is 17.2 Å². The molecule has 0 fully saturated rings. The van der Waals surface area contributed by atoms with Gasteiger partial charge in [0.2, 0.25) is 0 Å². The Morgan fingerprint density at radius 1 is 1.22 bits per heavy atom. The van der Waals surface area contributed by atoms with Crippen LogP contribution in [0, 0.1) is 0 Å². The van der Waals surface area contributed by atoms with Crippen molar-refractivity contribution in [2.75, 3.05) is 5.32 Å². The molecule has 102 valence electrons. The van der Waals surface area contributed by atoms with E-state index in [0.29, 0.717) is 6.07 Å². The lowest BCUT2D eigenvalue weighted by Gasteiger charge is -2.18. The normalized spacial score (nSPS) is 14.4. The summed E-state index contributed by atoms with van der Waals surface area (Å²) < 4.78 is 73.8. The Labute approximate surface area is 107 Å². The molecule has 0 radical (unpaired) electrons. The molecule has 9 heteroatoms. The van der Waals surface area contributed by atoms with Crippen molar-refractivity contribution >= 4 is 21.7 Å². The van der Waals surface area contributed by atoms with Crippen molar-refractivity contribution in [3.63, 3.8) is 0 Å². The van der Waals surface area contributed by atoms with Crippen molar-refractivity contribution in [1.82, 2.24) is 4.98 Å². The molecule has 0 aliphatic heterocycles. The number of hydrogen-bond acceptors (Lipinski definition) is 2. The summed E-state index contributed by atoms with van der Waals surface area (Å²) in [7, 11) is 0. The molecule has 0 bridgehead atoms. The number of nitrogens with one attached hydrogen (secondary N) is 1. The maximum Gasteiger partial charge on any atom is 0.417 e. The first kappa shape index (κ1) is 15.1. The molecule has 1 atom stereocenters. The summed E-state index contributed by atoms with van der Waals surface area (Å²) in [5.74, 6) is -0.490. The molecule has 1 rings (SSSR count). The third-order valence-electron chi connectivity index (χ3n) is 2.02. The lowest BCUT2D eigenvalue weighted by molar-refractivity contribution is -0.138. The molecule has 0 saturated carbocycles. The van der Waals surface area contributed by atoms with Gasteiger partial charge in [-0.25, -0.2) is 4.98 Å². The molecule has 1 aromatic heterocycles. The van der Waals surface area contributed by atoms with Gasteiger partial charge >= 0.3 is 12.4 Å². The Balaban J connectivity index is 3.00. The largest absolute Gasteiger partial charge is 0.417 e. The standard InChI is InChI=1S/C9H7BrF6N2/c1-4(8(11,12)13)18-7-2-5(9(14,15)16)6(10)3-17-7/h2-4H,1H3,(H,17,18)/t4-/m0/s1. The van der Waals surface area contributed by atoms with Crippen molar-refractivity contribution < 1.29 is 26.3 Å². The van der Waals surface area contributed by atoms with Gasteiger partial charge in [0.25, 0.3) is 0 Å². The first-order valence-corrected chi connectivity index (χ1v) is 5.37. The second-order valence-electron chi connectivity index (χ2n) is 3.45. The van der Waals surface area contributed by atoms with Crippen LogP contribution >= 0.6 is 15.9 Å². The highest BCUT2D eigenvalue weighted by molar-refractivity contribution is 9.10. The zero-order valence-electron chi connectivity index (χ0n) is 8.83. The Hall–Kier alpha value is -0.990. The third kappa shape index (κ3) is 3.76. The topological polar surface area (TPSA) is 24.9 Å². The van der Waals surface area contributed by atoms with Gasteiger partial charge in [-0.15, -0.1) is 0 Å². The number of anilines is 1. The quantitative estimate of drug-likeness (QED) is 0.817. The van der Waals surface area contributed by atoms with E-state index in [0.717, 1.165) is 13.1 Å². The molecule has 18 heavy (non-hydrogen) atoms. The van der Waals surface area contributed by atoms with E-state index >= 15 is 0 Å². The smallest absolute Gasteiger partial charge is 0.359 e. The van der Waals surface area contributed by atoms with Crippen LogP contribution in [0.15, 0.2) is 16.7 Å². The van der Waals surface area contributed by atoms with E-state index in [1.54, 1.807) is 0 Å². The van der Waals surface area contributed by atoms with Gasteiger partial charge in [0.1, 0.15) is 11.9 Å². The average Bonchev–Trinajstić information content (AvgIpc) is 2.17. The highest BCUT2D eigenvalue weighted by Crippen LogP contribution is 2.36. The maximum absolute atomic E-state index is 12.5. The van der Waals surface area contributed by atoms with Crippen molar-refractivity contribution in [2.24, 2.45) is 0 Å². The molecule has 1 heterocycles. The number of hydrogen-bond donors (Lipinski definition) is 1. The first-order chi connectivity index (χ1) is 8.01. The van der Waals surface area contributed by atoms with Gasteiger partial charge in [0.05, 0.1) is 5.56 Å². The average molecular weight is 337 g/mol. The SMILES string of the molecule is C[C@H](Nc1cc(C(F)(F)F)c(Br)cn1)C(F)(F)F. The maximum atomic E-state index is 12.5. The van der Waals surface area contributed by atoms with Crippen molar-refractivity contribution in [2.45, 2.75) is 25.3 Å². The predicted molar refractivity (Wildman–Crippen MR) is 56.1 cm³/mol. The zero-order chi connectivity index (χ0) is 14.1. The number of nitrogens with zero attached hydrogens (tertiary/aromatic N) is 1. The van der Waals surface area contributed by atoms with Crippen LogP contribution in [0.25, 0.3) is 0 Å². The second-order valence-corrected chi connectivity index (χ2v) is 4.31. The van der Waals surface area contributed by atoms with Gasteiger partial charge < -0.3 is 5.32 Å². The Morgan fingerprint density at radius 2 is 1.78 bits per heavy atom. The first-order valence-electron chi connectivity index (χ1n) is 4.58. The van der Waals surface area contributed by atoms with Crippen LogP contribution in [0.2, 0.25) is 0 Å². The van der Waals surface area contributed by atoms with E-state index in [2.05, 4.69) is 20.9 Å². The van der Waals surface area contributed by atoms with E-state index in [9.17, 15) is 26.3 Å². The molecule has 0 aliphatic rings. The minimum Gasteiger partial charge on any atom is -0.359 e. The van der Waals surface area contributed by atoms with Crippen LogP contribution in [-0.2, 0) is 6.18 Å². The lowest BCUT2D eigenvalue weighted by Crippen LogP contribution is -2.33. The van der Waals surface area contributed by atoms with E-state index in [4.69, 9.17) is 0 Å². The fourth-order valence-electron chi connectivity index (χ4n) is 1.04. The van der Waals surface area contributed by atoms with Gasteiger partial charge in [0, 0.05) is 10.7 Å². The Bertz CT molecular complexity index is 428. The van der Waals surface area contributed by atoms with Crippen LogP contribution in [0.5, 0.6) is 0 Å². The van der Waals surface area contributed by atoms with Crippen LogP contribution < -0.4 is 5.32 Å². The molecule has 1 aromatic rings. The summed E-state index contributed by atoms with van der Waals surface area (Å²) in [6.07, 6.45) is -8.43. The summed E-state index contributed by atoms with van der Waals surface area (Å²) in [5.41, 5.74) is -1.09. The van der Waals surface area contributed by atoms with Gasteiger partial charge in [-0.1, -0.05) is 0 Å². The molecule has 0 aromatic carbocycles. The van der Waals surface area contributed by atoms with Gasteiger partial charge in [-0.3, -0.25) is 0 Å². The molecule has 0 amide bonds. The molecule has 2 nitrogen and oxygen atoms in total. The number of pyridine rings is 1. The summed E-state index contributed by atoms with van der Waals surface area (Å²) >= 11 is 2.64. The van der Waals surface area contributed by atoms with E-state index in [1.807, 2.05) is 5.32 Å². The number of halogens is 7. The Morgan fingerprint density at radius 3 is 2.22 bits per heavy atom. The highest BCUT2D eigenvalue weighted by atomic mass is 79.9. The fraction of sp³-hybridized carbons (Fsp3) is 0.444. The van der Waals surface area contributed by atoms with E-state index in [-0.39, 0.29) is 4.47 Å². The second kappa shape index (κ2) is 4.94. The highest BCUT2D eigenvalue weighted by Gasteiger charge is 2.37. The number of aromatic nitrogens is 1. The van der Waals surface area contributed by atoms with E-state index < -0.39 is 29.8 Å². The summed E-state index contributed by atoms with van der Waals surface area (Å²) in [4.78, 5) is 3.45. The van der Waals surface area contributed by atoms with Crippen LogP contribution in [0.4, 0.5) is 32.2 Å². The molecule has 0 unspecified atom stereocenters. The van der Waals surface area contributed by atoms with Crippen molar-refractivity contribution in [1.29, 1.82) is 0 Å². The Kier molecular flexibility index (Phi) is 4.14. The van der Waals surface area contributed by atoms with E-state index in [1.165, 1.54) is 0 Å². The van der Waals surface area contributed by atoms with Crippen LogP contribution in [0.1, 0.15) is 12.5 Å². The number of rotatable bonds is 2. The molecule has 1 N–H and O–H groups in total. The zero-order valence-corrected chi connectivity index (χ0v) is 10.4. The van der Waals surface area contributed by atoms with Crippen LogP contribution in [0.3, 0.4) is 0 Å². The lowest BCUT2D eigenvalue weighted by atomic mass is 10.2. The summed E-state index contributed by atoms with van der Waals surface area (Å²) in [6.45, 7) is 0.789. The van der Waals surface area contributed by atoms with Crippen molar-refractivity contribution in [3.05, 3.63) is 22.3 Å². The fourth-order valence-corrected chi connectivity index (χ4v) is 1.48. The predicted octanol–water partition coefficient (Wildman–Crippen LogP) is 4.23. The minimum atomic E-state index is -4.67. The molecule has 0 aliphatic carbocycles.